The Bertz CT molecular complexity index is 349. The summed E-state index contributed by atoms with van der Waals surface area (Å²) in [7, 11) is 0. The van der Waals surface area contributed by atoms with E-state index in [4.69, 9.17) is 5.84 Å². The molecule has 0 aromatic heterocycles. The van der Waals surface area contributed by atoms with Gasteiger partial charge in [-0.1, -0.05) is 6.07 Å². The van der Waals surface area contributed by atoms with E-state index in [1.165, 1.54) is 5.43 Å². The van der Waals surface area contributed by atoms with Crippen molar-refractivity contribution in [2.75, 3.05) is 0 Å². The molecule has 3 N–H and O–H groups in total. The lowest BCUT2D eigenvalue weighted by atomic mass is 10.1. The van der Waals surface area contributed by atoms with Crippen molar-refractivity contribution in [3.05, 3.63) is 35.4 Å². The Hall–Kier alpha value is -1.21. The second-order valence-corrected chi connectivity index (χ2v) is 2.81. The topological polar surface area (TPSA) is 38.0 Å². The number of hydrazine groups is 1. The van der Waals surface area contributed by atoms with Crippen LogP contribution in [0.15, 0.2) is 18.2 Å². The molecule has 0 saturated heterocycles. The summed E-state index contributed by atoms with van der Waals surface area (Å²) in [6, 6.07) is -0.336. The molecule has 0 spiro atoms. The molecular weight excluding hydrogens is 219 g/mol. The van der Waals surface area contributed by atoms with E-state index in [2.05, 4.69) is 0 Å². The predicted molar refractivity (Wildman–Crippen MR) is 42.5 cm³/mol. The molecule has 1 rings (SSSR count). The molecule has 0 aliphatic carbocycles. The standard InChI is InChI=1S/C8H7F5N2/c9-5-2-1-4(3-6(5)10)7(15-14)8(11,12)13/h1-3,7,15H,14H2. The summed E-state index contributed by atoms with van der Waals surface area (Å²) in [4.78, 5) is 0. The third-order valence-electron chi connectivity index (χ3n) is 1.77. The Kier molecular flexibility index (Phi) is 3.25. The number of rotatable bonds is 2. The number of halogens is 5. The van der Waals surface area contributed by atoms with E-state index in [0.717, 1.165) is 6.07 Å². The van der Waals surface area contributed by atoms with Gasteiger partial charge in [0.25, 0.3) is 0 Å². The van der Waals surface area contributed by atoms with Gasteiger partial charge in [0, 0.05) is 0 Å². The van der Waals surface area contributed by atoms with Crippen LogP contribution in [0.3, 0.4) is 0 Å². The molecule has 7 heteroatoms. The molecule has 1 aromatic rings. The minimum Gasteiger partial charge on any atom is -0.271 e. The molecule has 1 unspecified atom stereocenters. The van der Waals surface area contributed by atoms with Gasteiger partial charge in [-0.15, -0.1) is 0 Å². The number of hydrogen-bond acceptors (Lipinski definition) is 2. The van der Waals surface area contributed by atoms with Crippen molar-refractivity contribution in [3.63, 3.8) is 0 Å². The van der Waals surface area contributed by atoms with E-state index >= 15 is 0 Å². The van der Waals surface area contributed by atoms with E-state index in [-0.39, 0.29) is 0 Å². The van der Waals surface area contributed by atoms with Crippen LogP contribution in [0.1, 0.15) is 11.6 Å². The highest BCUT2D eigenvalue weighted by Gasteiger charge is 2.40. The summed E-state index contributed by atoms with van der Waals surface area (Å²) in [5, 5.41) is 0. The van der Waals surface area contributed by atoms with Gasteiger partial charge >= 0.3 is 6.18 Å². The molecular formula is C8H7F5N2. The highest BCUT2D eigenvalue weighted by molar-refractivity contribution is 5.22. The van der Waals surface area contributed by atoms with Crippen LogP contribution in [0.5, 0.6) is 0 Å². The molecule has 0 saturated carbocycles. The highest BCUT2D eigenvalue weighted by atomic mass is 19.4. The van der Waals surface area contributed by atoms with Crippen LogP contribution >= 0.6 is 0 Å². The van der Waals surface area contributed by atoms with Crippen molar-refractivity contribution in [2.24, 2.45) is 5.84 Å². The smallest absolute Gasteiger partial charge is 0.271 e. The first-order valence-corrected chi connectivity index (χ1v) is 3.84. The third-order valence-corrected chi connectivity index (χ3v) is 1.77. The van der Waals surface area contributed by atoms with Gasteiger partial charge in [0.1, 0.15) is 6.04 Å². The van der Waals surface area contributed by atoms with Crippen LogP contribution in [0.4, 0.5) is 22.0 Å². The second-order valence-electron chi connectivity index (χ2n) is 2.81. The minimum absolute atomic E-state index is 0.452. The molecule has 1 aromatic carbocycles. The number of nitrogens with one attached hydrogen (secondary N) is 1. The maximum Gasteiger partial charge on any atom is 0.409 e. The van der Waals surface area contributed by atoms with E-state index < -0.39 is 29.4 Å². The fourth-order valence-corrected chi connectivity index (χ4v) is 1.07. The van der Waals surface area contributed by atoms with Crippen LogP contribution < -0.4 is 11.3 Å². The maximum absolute atomic E-state index is 12.7. The normalized spacial score (nSPS) is 14.0. The van der Waals surface area contributed by atoms with Crippen LogP contribution in [0.25, 0.3) is 0 Å². The van der Waals surface area contributed by atoms with Gasteiger partial charge < -0.3 is 0 Å². The van der Waals surface area contributed by atoms with Gasteiger partial charge in [-0.2, -0.15) is 13.2 Å². The summed E-state index contributed by atoms with van der Waals surface area (Å²) < 4.78 is 61.9. The monoisotopic (exact) mass is 226 g/mol. The average Bonchev–Trinajstić information content (AvgIpc) is 2.10. The Morgan fingerprint density at radius 2 is 1.73 bits per heavy atom. The molecule has 0 aliphatic heterocycles. The predicted octanol–water partition coefficient (Wildman–Crippen LogP) is 2.03. The minimum atomic E-state index is -4.67. The van der Waals surface area contributed by atoms with Gasteiger partial charge in [-0.05, 0) is 17.7 Å². The lowest BCUT2D eigenvalue weighted by Gasteiger charge is -2.19. The van der Waals surface area contributed by atoms with E-state index in [0.29, 0.717) is 12.1 Å². The summed E-state index contributed by atoms with van der Waals surface area (Å²) in [5.41, 5.74) is 1.01. The van der Waals surface area contributed by atoms with Crippen molar-refractivity contribution in [1.29, 1.82) is 0 Å². The zero-order valence-corrected chi connectivity index (χ0v) is 7.28. The van der Waals surface area contributed by atoms with Gasteiger partial charge in [0.05, 0.1) is 0 Å². The van der Waals surface area contributed by atoms with Gasteiger partial charge in [-0.3, -0.25) is 5.84 Å². The molecule has 15 heavy (non-hydrogen) atoms. The van der Waals surface area contributed by atoms with Crippen LogP contribution in [0.2, 0.25) is 0 Å². The quantitative estimate of drug-likeness (QED) is 0.460. The molecule has 0 fully saturated rings. The first kappa shape index (κ1) is 11.9. The first-order chi connectivity index (χ1) is 6.86. The average molecular weight is 226 g/mol. The molecule has 2 nitrogen and oxygen atoms in total. The lowest BCUT2D eigenvalue weighted by molar-refractivity contribution is -0.157. The van der Waals surface area contributed by atoms with Gasteiger partial charge in [0.15, 0.2) is 11.6 Å². The number of alkyl halides is 3. The fraction of sp³-hybridized carbons (Fsp3) is 0.250. The van der Waals surface area contributed by atoms with Crippen molar-refractivity contribution < 1.29 is 22.0 Å². The molecule has 0 heterocycles. The van der Waals surface area contributed by atoms with E-state index in [1.54, 1.807) is 0 Å². The summed E-state index contributed by atoms with van der Waals surface area (Å²) >= 11 is 0. The van der Waals surface area contributed by atoms with Crippen molar-refractivity contribution in [2.45, 2.75) is 12.2 Å². The fourth-order valence-electron chi connectivity index (χ4n) is 1.07. The van der Waals surface area contributed by atoms with Gasteiger partial charge in [0.2, 0.25) is 0 Å². The van der Waals surface area contributed by atoms with E-state index in [9.17, 15) is 22.0 Å². The second kappa shape index (κ2) is 4.11. The van der Waals surface area contributed by atoms with E-state index in [1.807, 2.05) is 0 Å². The van der Waals surface area contributed by atoms with Crippen LogP contribution in [0, 0.1) is 11.6 Å². The summed E-state index contributed by atoms with van der Waals surface area (Å²) in [5.74, 6) is 2.13. The Labute approximate surface area is 81.8 Å². The number of hydrogen-bond donors (Lipinski definition) is 2. The third kappa shape index (κ3) is 2.63. The Morgan fingerprint density at radius 1 is 1.13 bits per heavy atom. The molecule has 0 aliphatic rings. The molecule has 84 valence electrons. The maximum atomic E-state index is 12.7. The van der Waals surface area contributed by atoms with Crippen molar-refractivity contribution in [3.8, 4) is 0 Å². The Morgan fingerprint density at radius 3 is 2.13 bits per heavy atom. The van der Waals surface area contributed by atoms with Crippen molar-refractivity contribution in [1.82, 2.24) is 5.43 Å². The number of nitrogens with two attached hydrogens (primary N) is 1. The molecule has 1 atom stereocenters. The zero-order chi connectivity index (χ0) is 11.6. The molecule has 0 amide bonds. The highest BCUT2D eigenvalue weighted by Crippen LogP contribution is 2.32. The largest absolute Gasteiger partial charge is 0.409 e. The lowest BCUT2D eigenvalue weighted by Crippen LogP contribution is -2.38. The molecule has 0 radical (unpaired) electrons. The van der Waals surface area contributed by atoms with Gasteiger partial charge in [-0.25, -0.2) is 14.2 Å². The summed E-state index contributed by atoms with van der Waals surface area (Å²) in [6.07, 6.45) is -4.67. The van der Waals surface area contributed by atoms with Crippen molar-refractivity contribution >= 4 is 0 Å². The van der Waals surface area contributed by atoms with Crippen LogP contribution in [-0.4, -0.2) is 6.18 Å². The summed E-state index contributed by atoms with van der Waals surface area (Å²) in [6.45, 7) is 0. The zero-order valence-electron chi connectivity index (χ0n) is 7.28. The number of benzene rings is 1. The SMILES string of the molecule is NNC(c1ccc(F)c(F)c1)C(F)(F)F. The molecule has 0 bridgehead atoms. The Balaban J connectivity index is 3.08. The first-order valence-electron chi connectivity index (χ1n) is 3.84. The van der Waals surface area contributed by atoms with Crippen LogP contribution in [-0.2, 0) is 0 Å².